The Bertz CT molecular complexity index is 387. The molecule has 0 radical (unpaired) electrons. The summed E-state index contributed by atoms with van der Waals surface area (Å²) in [5, 5.41) is 2.49. The van der Waals surface area contributed by atoms with E-state index in [9.17, 15) is 14.4 Å². The summed E-state index contributed by atoms with van der Waals surface area (Å²) < 4.78 is 4.74. The Balaban J connectivity index is 5.48. The number of ketones is 1. The molecule has 5 heteroatoms. The van der Waals surface area contributed by atoms with Gasteiger partial charge in [0.25, 0.3) is 0 Å². The largest absolute Gasteiger partial charge is 0.467 e. The predicted octanol–water partition coefficient (Wildman–Crippen LogP) is 2.01. The SMILES string of the molecule is CCC/C=C/CC(NC(C)=O)(C(=O)OC)C(=O)C(C)C. The number of nitrogens with one attached hydrogen (secondary N) is 1. The molecule has 0 aliphatic heterocycles. The number of esters is 1. The molecule has 0 aromatic rings. The van der Waals surface area contributed by atoms with Crippen LogP contribution in [0.5, 0.6) is 0 Å². The van der Waals surface area contributed by atoms with Crippen molar-refractivity contribution < 1.29 is 19.1 Å². The molecule has 0 spiro atoms. The summed E-state index contributed by atoms with van der Waals surface area (Å²) in [7, 11) is 1.21. The Morgan fingerprint density at radius 3 is 2.25 bits per heavy atom. The van der Waals surface area contributed by atoms with Crippen LogP contribution in [0, 0.1) is 5.92 Å². The van der Waals surface area contributed by atoms with Gasteiger partial charge in [0.1, 0.15) is 0 Å². The number of rotatable bonds is 8. The molecule has 0 fully saturated rings. The van der Waals surface area contributed by atoms with Crippen molar-refractivity contribution in [2.75, 3.05) is 7.11 Å². The smallest absolute Gasteiger partial charge is 0.339 e. The third-order valence-corrected chi connectivity index (χ3v) is 2.91. The monoisotopic (exact) mass is 283 g/mol. The third kappa shape index (κ3) is 4.79. The maximum Gasteiger partial charge on any atom is 0.339 e. The van der Waals surface area contributed by atoms with Crippen LogP contribution < -0.4 is 5.32 Å². The van der Waals surface area contributed by atoms with Gasteiger partial charge < -0.3 is 10.1 Å². The fourth-order valence-electron chi connectivity index (χ4n) is 1.96. The molecular formula is C15H25NO4. The summed E-state index contributed by atoms with van der Waals surface area (Å²) in [5.41, 5.74) is -1.63. The van der Waals surface area contributed by atoms with Gasteiger partial charge in [-0.2, -0.15) is 0 Å². The number of amides is 1. The number of allylic oxidation sites excluding steroid dienone is 1. The Morgan fingerprint density at radius 2 is 1.85 bits per heavy atom. The summed E-state index contributed by atoms with van der Waals surface area (Å²) in [6, 6.07) is 0. The Morgan fingerprint density at radius 1 is 1.25 bits per heavy atom. The van der Waals surface area contributed by atoms with E-state index in [1.807, 2.05) is 13.0 Å². The van der Waals surface area contributed by atoms with Gasteiger partial charge in [0.2, 0.25) is 11.4 Å². The molecule has 1 unspecified atom stereocenters. The highest BCUT2D eigenvalue weighted by Gasteiger charge is 2.47. The highest BCUT2D eigenvalue weighted by atomic mass is 16.5. The molecule has 0 heterocycles. The Kier molecular flexibility index (Phi) is 7.80. The molecule has 0 saturated carbocycles. The van der Waals surface area contributed by atoms with Gasteiger partial charge >= 0.3 is 5.97 Å². The van der Waals surface area contributed by atoms with Crippen molar-refractivity contribution in [1.29, 1.82) is 0 Å². The average Bonchev–Trinajstić information content (AvgIpc) is 2.39. The van der Waals surface area contributed by atoms with Gasteiger partial charge in [0, 0.05) is 19.3 Å². The molecule has 114 valence electrons. The van der Waals surface area contributed by atoms with E-state index in [0.717, 1.165) is 12.8 Å². The fraction of sp³-hybridized carbons (Fsp3) is 0.667. The summed E-state index contributed by atoms with van der Waals surface area (Å²) in [6.07, 6.45) is 5.58. The molecule has 0 saturated heterocycles. The summed E-state index contributed by atoms with van der Waals surface area (Å²) >= 11 is 0. The molecule has 0 rings (SSSR count). The maximum atomic E-state index is 12.4. The van der Waals surface area contributed by atoms with Crippen molar-refractivity contribution in [3.63, 3.8) is 0 Å². The number of hydrogen-bond acceptors (Lipinski definition) is 4. The lowest BCUT2D eigenvalue weighted by molar-refractivity contribution is -0.156. The quantitative estimate of drug-likeness (QED) is 0.420. The standard InChI is InChI=1S/C15H25NO4/c1-6-7-8-9-10-15(14(19)20-5,16-12(4)17)13(18)11(2)3/h8-9,11H,6-7,10H2,1-5H3,(H,16,17)/b9-8+. The van der Waals surface area contributed by atoms with Gasteiger partial charge in [0.05, 0.1) is 7.11 Å². The molecule has 0 aromatic carbocycles. The van der Waals surface area contributed by atoms with E-state index in [4.69, 9.17) is 4.74 Å². The fourth-order valence-corrected chi connectivity index (χ4v) is 1.96. The molecule has 1 atom stereocenters. The van der Waals surface area contributed by atoms with Crippen LogP contribution in [0.1, 0.15) is 47.0 Å². The van der Waals surface area contributed by atoms with Gasteiger partial charge in [0.15, 0.2) is 5.78 Å². The maximum absolute atomic E-state index is 12.4. The molecule has 0 bridgehead atoms. The van der Waals surface area contributed by atoms with E-state index >= 15 is 0 Å². The third-order valence-electron chi connectivity index (χ3n) is 2.91. The number of methoxy groups -OCH3 is 1. The van der Waals surface area contributed by atoms with Crippen LogP contribution in [0.15, 0.2) is 12.2 Å². The molecule has 0 aliphatic carbocycles. The highest BCUT2D eigenvalue weighted by Crippen LogP contribution is 2.20. The summed E-state index contributed by atoms with van der Waals surface area (Å²) in [5.74, 6) is -1.90. The van der Waals surface area contributed by atoms with Gasteiger partial charge in [-0.1, -0.05) is 39.3 Å². The zero-order valence-electron chi connectivity index (χ0n) is 13.0. The topological polar surface area (TPSA) is 72.5 Å². The van der Waals surface area contributed by atoms with E-state index in [0.29, 0.717) is 0 Å². The van der Waals surface area contributed by atoms with Crippen molar-refractivity contribution in [3.8, 4) is 0 Å². The van der Waals surface area contributed by atoms with E-state index in [2.05, 4.69) is 5.32 Å². The molecule has 0 aromatic heterocycles. The minimum atomic E-state index is -1.63. The molecule has 1 N–H and O–H groups in total. The van der Waals surface area contributed by atoms with E-state index in [1.54, 1.807) is 19.9 Å². The normalized spacial score (nSPS) is 14.1. The Hall–Kier alpha value is -1.65. The van der Waals surface area contributed by atoms with Gasteiger partial charge in [-0.05, 0) is 6.42 Å². The minimum absolute atomic E-state index is 0.107. The van der Waals surface area contributed by atoms with E-state index in [-0.39, 0.29) is 18.1 Å². The first-order chi connectivity index (χ1) is 9.31. The number of carbonyl (C=O) groups excluding carboxylic acids is 3. The molecule has 1 amide bonds. The van der Waals surface area contributed by atoms with Crippen LogP contribution in [0.25, 0.3) is 0 Å². The lowest BCUT2D eigenvalue weighted by Gasteiger charge is -2.30. The second-order valence-electron chi connectivity index (χ2n) is 5.06. The van der Waals surface area contributed by atoms with E-state index in [1.165, 1.54) is 14.0 Å². The number of hydrogen-bond donors (Lipinski definition) is 1. The summed E-state index contributed by atoms with van der Waals surface area (Å²) in [4.78, 5) is 35.9. The average molecular weight is 283 g/mol. The van der Waals surface area contributed by atoms with Crippen LogP contribution in [-0.4, -0.2) is 30.3 Å². The zero-order valence-corrected chi connectivity index (χ0v) is 13.0. The van der Waals surface area contributed by atoms with Crippen LogP contribution in [0.2, 0.25) is 0 Å². The van der Waals surface area contributed by atoms with E-state index < -0.39 is 17.4 Å². The van der Waals surface area contributed by atoms with Gasteiger partial charge in [-0.25, -0.2) is 4.79 Å². The second kappa shape index (κ2) is 8.51. The van der Waals surface area contributed by atoms with Crippen LogP contribution >= 0.6 is 0 Å². The first-order valence-corrected chi connectivity index (χ1v) is 6.88. The van der Waals surface area contributed by atoms with Crippen molar-refractivity contribution in [2.45, 2.75) is 52.5 Å². The Labute approximate surface area is 120 Å². The number of carbonyl (C=O) groups is 3. The molecule has 20 heavy (non-hydrogen) atoms. The summed E-state index contributed by atoms with van der Waals surface area (Å²) in [6.45, 7) is 6.70. The van der Waals surface area contributed by atoms with Gasteiger partial charge in [-0.3, -0.25) is 9.59 Å². The molecule has 0 aliphatic rings. The number of unbranched alkanes of at least 4 members (excludes halogenated alkanes) is 1. The predicted molar refractivity (Wildman–Crippen MR) is 77.1 cm³/mol. The van der Waals surface area contributed by atoms with Crippen molar-refractivity contribution in [2.24, 2.45) is 5.92 Å². The van der Waals surface area contributed by atoms with Crippen LogP contribution in [0.3, 0.4) is 0 Å². The first kappa shape index (κ1) is 18.4. The minimum Gasteiger partial charge on any atom is -0.467 e. The number of ether oxygens (including phenoxy) is 1. The lowest BCUT2D eigenvalue weighted by atomic mass is 9.83. The zero-order chi connectivity index (χ0) is 15.8. The van der Waals surface area contributed by atoms with Crippen LogP contribution in [-0.2, 0) is 19.1 Å². The lowest BCUT2D eigenvalue weighted by Crippen LogP contribution is -2.61. The van der Waals surface area contributed by atoms with Crippen molar-refractivity contribution in [3.05, 3.63) is 12.2 Å². The first-order valence-electron chi connectivity index (χ1n) is 6.88. The van der Waals surface area contributed by atoms with Gasteiger partial charge in [-0.15, -0.1) is 0 Å². The highest BCUT2D eigenvalue weighted by molar-refractivity contribution is 6.11. The van der Waals surface area contributed by atoms with Crippen molar-refractivity contribution in [1.82, 2.24) is 5.32 Å². The number of Topliss-reactive ketones (excluding diaryl/α,β-unsaturated/α-hetero) is 1. The molecular weight excluding hydrogens is 258 g/mol. The van der Waals surface area contributed by atoms with Crippen molar-refractivity contribution >= 4 is 17.7 Å². The molecule has 5 nitrogen and oxygen atoms in total. The second-order valence-corrected chi connectivity index (χ2v) is 5.06. The van der Waals surface area contributed by atoms with Crippen LogP contribution in [0.4, 0.5) is 0 Å².